The van der Waals surface area contributed by atoms with E-state index in [1.54, 1.807) is 20.8 Å². The minimum atomic E-state index is -0.245. The van der Waals surface area contributed by atoms with Gasteiger partial charge in [0.05, 0.1) is 33.0 Å². The molecule has 0 aliphatic carbocycles. The van der Waals surface area contributed by atoms with Crippen LogP contribution in [0.5, 0.6) is 0 Å². The molecule has 0 N–H and O–H groups in total. The fraction of sp³-hybridized carbons (Fsp3) is 0.806. The number of rotatable bonds is 12. The number of Topliss-reactive ketones (excluding diaryl/α,β-unsaturated/α-hetero) is 2. The van der Waals surface area contributed by atoms with Crippen molar-refractivity contribution in [3.63, 3.8) is 0 Å². The largest absolute Gasteiger partial charge is 0.469 e. The van der Waals surface area contributed by atoms with Crippen molar-refractivity contribution in [3.05, 3.63) is 0 Å². The zero-order valence-electron chi connectivity index (χ0n) is 34.3. The molecule has 0 aliphatic heterocycles. The number of ketones is 2. The molecule has 0 atom stereocenters. The highest BCUT2D eigenvalue weighted by Gasteiger charge is 1.96. The molecular weight excluding hydrogens is 640 g/mol. The summed E-state index contributed by atoms with van der Waals surface area (Å²) in [6.07, 6.45) is 2.32. The van der Waals surface area contributed by atoms with Crippen LogP contribution in [0.4, 0.5) is 0 Å². The Labute approximate surface area is 298 Å². The molecule has 0 radical (unpaired) electrons. The van der Waals surface area contributed by atoms with Crippen LogP contribution in [0, 0.1) is 11.8 Å². The van der Waals surface area contributed by atoms with E-state index in [9.17, 15) is 33.6 Å². The maximum Gasteiger partial charge on any atom is 0.302 e. The topological polar surface area (TPSA) is 175 Å². The molecule has 0 aliphatic rings. The van der Waals surface area contributed by atoms with E-state index < -0.39 is 0 Å². The first kappa shape index (κ1) is 64.2. The van der Waals surface area contributed by atoms with Crippen LogP contribution in [-0.4, -0.2) is 88.2 Å². The quantitative estimate of drug-likeness (QED) is 0.113. The van der Waals surface area contributed by atoms with Gasteiger partial charge in [0.1, 0.15) is 11.6 Å². The van der Waals surface area contributed by atoms with Gasteiger partial charge in [0, 0.05) is 53.8 Å². The van der Waals surface area contributed by atoms with Gasteiger partial charge in [-0.1, -0.05) is 41.5 Å². The first-order chi connectivity index (χ1) is 22.5. The van der Waals surface area contributed by atoms with Crippen LogP contribution >= 0.6 is 0 Å². The number of hydrogen-bond donors (Lipinski definition) is 0. The lowest BCUT2D eigenvalue weighted by atomic mass is 10.1. The molecule has 0 rings (SSSR count). The van der Waals surface area contributed by atoms with E-state index in [4.69, 9.17) is 4.74 Å². The van der Waals surface area contributed by atoms with Crippen LogP contribution in [-0.2, 0) is 62.0 Å². The van der Waals surface area contributed by atoms with E-state index in [0.717, 1.165) is 26.1 Å². The third-order valence-corrected chi connectivity index (χ3v) is 3.66. The smallest absolute Gasteiger partial charge is 0.302 e. The molecule has 13 heteroatoms. The van der Waals surface area contributed by atoms with E-state index in [0.29, 0.717) is 44.5 Å². The van der Waals surface area contributed by atoms with Crippen molar-refractivity contribution in [1.29, 1.82) is 0 Å². The zero-order chi connectivity index (χ0) is 40.8. The van der Waals surface area contributed by atoms with Crippen molar-refractivity contribution >= 4 is 41.9 Å². The molecule has 49 heavy (non-hydrogen) atoms. The van der Waals surface area contributed by atoms with Crippen molar-refractivity contribution in [1.82, 2.24) is 0 Å². The van der Waals surface area contributed by atoms with Crippen LogP contribution < -0.4 is 0 Å². The van der Waals surface area contributed by atoms with Gasteiger partial charge in [-0.2, -0.15) is 0 Å². The Kier molecular flexibility index (Phi) is 74.6. The number of hydrogen-bond acceptors (Lipinski definition) is 13. The van der Waals surface area contributed by atoms with Crippen LogP contribution in [0.2, 0.25) is 0 Å². The summed E-state index contributed by atoms with van der Waals surface area (Å²) < 4.78 is 26.9. The molecule has 0 unspecified atom stereocenters. The highest BCUT2D eigenvalue weighted by molar-refractivity contribution is 5.75. The Morgan fingerprint density at radius 1 is 0.592 bits per heavy atom. The van der Waals surface area contributed by atoms with Crippen molar-refractivity contribution in [2.75, 3.05) is 40.1 Å². The van der Waals surface area contributed by atoms with Gasteiger partial charge in [0.25, 0.3) is 6.47 Å². The molecule has 0 spiro atoms. The lowest BCUT2D eigenvalue weighted by Crippen LogP contribution is -2.06. The number of esters is 4. The average Bonchev–Trinajstić information content (AvgIpc) is 2.96. The second-order valence-electron chi connectivity index (χ2n) is 10.6. The van der Waals surface area contributed by atoms with Gasteiger partial charge in [0.15, 0.2) is 0 Å². The van der Waals surface area contributed by atoms with Gasteiger partial charge < -0.3 is 38.0 Å². The minimum absolute atomic E-state index is 0.0255. The predicted molar refractivity (Wildman–Crippen MR) is 194 cm³/mol. The van der Waals surface area contributed by atoms with Crippen molar-refractivity contribution in [2.24, 2.45) is 11.8 Å². The molecule has 0 aromatic heterocycles. The Bertz CT molecular complexity index is 711. The Morgan fingerprint density at radius 3 is 1.04 bits per heavy atom. The average molecular weight is 715 g/mol. The third kappa shape index (κ3) is 173. The van der Waals surface area contributed by atoms with Gasteiger partial charge in [0.2, 0.25) is 0 Å². The van der Waals surface area contributed by atoms with E-state index in [1.807, 2.05) is 69.2 Å². The Balaban J connectivity index is -0.0000000658. The molecule has 0 saturated heterocycles. The maximum atomic E-state index is 10.3. The summed E-state index contributed by atoms with van der Waals surface area (Å²) in [6, 6.07) is 0. The fourth-order valence-corrected chi connectivity index (χ4v) is 1.71. The van der Waals surface area contributed by atoms with E-state index in [1.165, 1.54) is 34.8 Å². The standard InChI is InChI=1S/C6H12O2.C6H12O.2C5H10O2.C4H10O.C4H8O.2C3H6O2/c1-5(2)4-8-6(3)7;1-5(2)4-6(3)7;1-4(2)7-5(3)6;1-3-4-7-5(2)6;1-3-5-4-2;1-3-4(2)5;1-3(4)5-2;1-2-5-3-4/h5H,4H2,1-3H3;5H,4H2,1-3H3;4H,1-3H3;3-4H2,1-2H3;3-4H2,1-2H3;3H2,1-2H3;1-2H3;3H,2H2,1H3. The summed E-state index contributed by atoms with van der Waals surface area (Å²) in [5.74, 6) is 0.664. The molecule has 0 heterocycles. The summed E-state index contributed by atoms with van der Waals surface area (Å²) in [6.45, 7) is 33.8. The summed E-state index contributed by atoms with van der Waals surface area (Å²) in [7, 11) is 1.35. The monoisotopic (exact) mass is 715 g/mol. The molecule has 13 nitrogen and oxygen atoms in total. The van der Waals surface area contributed by atoms with Crippen LogP contribution in [0.15, 0.2) is 0 Å². The van der Waals surface area contributed by atoms with E-state index in [-0.39, 0.29) is 41.5 Å². The van der Waals surface area contributed by atoms with Crippen molar-refractivity contribution in [2.45, 2.75) is 143 Å². The molecule has 0 amide bonds. The lowest BCUT2D eigenvalue weighted by Gasteiger charge is -2.02. The van der Waals surface area contributed by atoms with Crippen molar-refractivity contribution in [3.8, 4) is 0 Å². The van der Waals surface area contributed by atoms with Crippen LogP contribution in [0.1, 0.15) is 137 Å². The van der Waals surface area contributed by atoms with Crippen molar-refractivity contribution < 1.29 is 62.0 Å². The number of methoxy groups -OCH3 is 1. The molecule has 0 aromatic carbocycles. The van der Waals surface area contributed by atoms with Crippen LogP contribution in [0.25, 0.3) is 0 Å². The van der Waals surface area contributed by atoms with Gasteiger partial charge in [-0.05, 0) is 66.7 Å². The lowest BCUT2D eigenvalue weighted by molar-refractivity contribution is -0.145. The fourth-order valence-electron chi connectivity index (χ4n) is 1.71. The SMILES string of the molecule is CC(=O)CC(C)C.CC(=O)OC(C)C.CC(=O)OCC(C)C.CCC(C)=O.CCCOC(C)=O.CCOC=O.CCOCC.COC(C)=O. The third-order valence-electron chi connectivity index (χ3n) is 3.66. The summed E-state index contributed by atoms with van der Waals surface area (Å²) in [4.78, 5) is 69.0. The second-order valence-corrected chi connectivity index (χ2v) is 10.6. The number of carbonyl (C=O) groups excluding carboxylic acids is 7. The first-order valence-corrected chi connectivity index (χ1v) is 16.6. The molecule has 0 bridgehead atoms. The van der Waals surface area contributed by atoms with Crippen LogP contribution in [0.3, 0.4) is 0 Å². The summed E-state index contributed by atoms with van der Waals surface area (Å²) >= 11 is 0. The molecule has 0 saturated carbocycles. The predicted octanol–water partition coefficient (Wildman–Crippen LogP) is 7.13. The Morgan fingerprint density at radius 2 is 1.00 bits per heavy atom. The second kappa shape index (κ2) is 56.9. The zero-order valence-corrected chi connectivity index (χ0v) is 34.3. The summed E-state index contributed by atoms with van der Waals surface area (Å²) in [5.41, 5.74) is 0. The maximum absolute atomic E-state index is 10.3. The van der Waals surface area contributed by atoms with E-state index >= 15 is 0 Å². The van der Waals surface area contributed by atoms with Gasteiger partial charge in [-0.15, -0.1) is 0 Å². The number of carbonyl (C=O) groups is 7. The number of ether oxygens (including phenoxy) is 6. The van der Waals surface area contributed by atoms with Gasteiger partial charge >= 0.3 is 23.9 Å². The molecule has 0 fully saturated rings. The van der Waals surface area contributed by atoms with Gasteiger partial charge in [-0.25, -0.2) is 0 Å². The normalized spacial score (nSPS) is 8.43. The van der Waals surface area contributed by atoms with Gasteiger partial charge in [-0.3, -0.25) is 24.0 Å². The summed E-state index contributed by atoms with van der Waals surface area (Å²) in [5, 5.41) is 0. The highest BCUT2D eigenvalue weighted by Crippen LogP contribution is 1.97. The minimum Gasteiger partial charge on any atom is -0.469 e. The first-order valence-electron chi connectivity index (χ1n) is 16.6. The molecular formula is C36H74O13. The highest BCUT2D eigenvalue weighted by atomic mass is 16.5. The molecule has 296 valence electrons. The van der Waals surface area contributed by atoms with E-state index in [2.05, 4.69) is 23.7 Å². The molecule has 0 aromatic rings. The Hall–Kier alpha value is -3.35.